The number of hydrogen-bond acceptors (Lipinski definition) is 5. The zero-order valence-electron chi connectivity index (χ0n) is 19.3. The van der Waals surface area contributed by atoms with Gasteiger partial charge in [-0.2, -0.15) is 0 Å². The lowest BCUT2D eigenvalue weighted by Gasteiger charge is -2.32. The van der Waals surface area contributed by atoms with E-state index in [4.69, 9.17) is 14.3 Å². The molecular formula is C27H26BN3O2. The normalized spacial score (nSPS) is 16.7. The molecule has 0 spiro atoms. The van der Waals surface area contributed by atoms with Crippen LogP contribution in [0, 0.1) is 0 Å². The van der Waals surface area contributed by atoms with Gasteiger partial charge in [-0.15, -0.1) is 0 Å². The highest BCUT2D eigenvalue weighted by atomic mass is 16.7. The first-order valence-corrected chi connectivity index (χ1v) is 11.1. The zero-order valence-corrected chi connectivity index (χ0v) is 19.3. The average molecular weight is 435 g/mol. The van der Waals surface area contributed by atoms with E-state index < -0.39 is 0 Å². The molecule has 3 aromatic heterocycles. The highest BCUT2D eigenvalue weighted by Crippen LogP contribution is 2.36. The van der Waals surface area contributed by atoms with Gasteiger partial charge in [0.25, 0.3) is 0 Å². The Bertz CT molecular complexity index is 1190. The third-order valence-corrected chi connectivity index (χ3v) is 6.51. The van der Waals surface area contributed by atoms with E-state index in [1.807, 2.05) is 36.7 Å². The molecule has 5 rings (SSSR count). The molecule has 0 amide bonds. The number of aromatic nitrogens is 3. The zero-order chi connectivity index (χ0) is 23.1. The van der Waals surface area contributed by atoms with Crippen LogP contribution in [0.3, 0.4) is 0 Å². The molecule has 0 saturated carbocycles. The summed E-state index contributed by atoms with van der Waals surface area (Å²) < 4.78 is 12.4. The Morgan fingerprint density at radius 1 is 0.636 bits per heavy atom. The van der Waals surface area contributed by atoms with Gasteiger partial charge in [-0.1, -0.05) is 24.3 Å². The van der Waals surface area contributed by atoms with Crippen molar-refractivity contribution in [1.29, 1.82) is 0 Å². The fraction of sp³-hybridized carbons (Fsp3) is 0.222. The summed E-state index contributed by atoms with van der Waals surface area (Å²) in [5, 5.41) is 0. The van der Waals surface area contributed by atoms with Crippen molar-refractivity contribution >= 4 is 12.6 Å². The van der Waals surface area contributed by atoms with E-state index >= 15 is 0 Å². The van der Waals surface area contributed by atoms with Gasteiger partial charge >= 0.3 is 7.12 Å². The summed E-state index contributed by atoms with van der Waals surface area (Å²) in [6.45, 7) is 8.27. The molecule has 0 N–H and O–H groups in total. The standard InChI is InChI=1S/C27H26BN3O2/c1-26(2)27(3,4)33-28(32-26)23-11-9-19(10-12-23)22-15-24(20-7-5-13-29-17-20)31-25(16-22)21-8-6-14-30-18-21/h5-18H,1-4H3. The molecule has 5 nitrogen and oxygen atoms in total. The topological polar surface area (TPSA) is 57.1 Å². The van der Waals surface area contributed by atoms with Crippen molar-refractivity contribution < 1.29 is 9.31 Å². The summed E-state index contributed by atoms with van der Waals surface area (Å²) in [7, 11) is -0.376. The lowest BCUT2D eigenvalue weighted by atomic mass is 9.78. The van der Waals surface area contributed by atoms with Crippen LogP contribution in [0.4, 0.5) is 0 Å². The van der Waals surface area contributed by atoms with E-state index in [0.717, 1.165) is 39.1 Å². The maximum atomic E-state index is 6.20. The quantitative estimate of drug-likeness (QED) is 0.414. The smallest absolute Gasteiger partial charge is 0.399 e. The average Bonchev–Trinajstić information content (AvgIpc) is 3.07. The molecule has 1 aromatic carbocycles. The number of benzene rings is 1. The van der Waals surface area contributed by atoms with Gasteiger partial charge in [0.1, 0.15) is 0 Å². The number of nitrogens with zero attached hydrogens (tertiary/aromatic N) is 3. The summed E-state index contributed by atoms with van der Waals surface area (Å²) in [5.41, 5.74) is 6.13. The van der Waals surface area contributed by atoms with Gasteiger partial charge in [0.2, 0.25) is 0 Å². The molecule has 0 aliphatic carbocycles. The van der Waals surface area contributed by atoms with E-state index in [1.165, 1.54) is 0 Å². The second-order valence-electron chi connectivity index (χ2n) is 9.32. The Kier molecular flexibility index (Phi) is 5.35. The predicted molar refractivity (Wildman–Crippen MR) is 132 cm³/mol. The maximum Gasteiger partial charge on any atom is 0.494 e. The van der Waals surface area contributed by atoms with Crippen LogP contribution < -0.4 is 5.46 Å². The minimum absolute atomic E-state index is 0.362. The molecule has 1 saturated heterocycles. The van der Waals surface area contributed by atoms with Crippen molar-refractivity contribution in [2.75, 3.05) is 0 Å². The summed E-state index contributed by atoms with van der Waals surface area (Å²) >= 11 is 0. The van der Waals surface area contributed by atoms with E-state index in [2.05, 4.69) is 74.1 Å². The van der Waals surface area contributed by atoms with Gasteiger partial charge in [0.15, 0.2) is 0 Å². The van der Waals surface area contributed by atoms with Crippen LogP contribution in [-0.2, 0) is 9.31 Å². The monoisotopic (exact) mass is 435 g/mol. The Hall–Kier alpha value is -3.35. The molecule has 4 heterocycles. The molecule has 6 heteroatoms. The maximum absolute atomic E-state index is 6.20. The van der Waals surface area contributed by atoms with Gasteiger partial charge in [0, 0.05) is 35.9 Å². The number of rotatable bonds is 4. The van der Waals surface area contributed by atoms with Gasteiger partial charge in [0.05, 0.1) is 22.6 Å². The van der Waals surface area contributed by atoms with Gasteiger partial charge < -0.3 is 9.31 Å². The number of hydrogen-bond donors (Lipinski definition) is 0. The minimum Gasteiger partial charge on any atom is -0.399 e. The van der Waals surface area contributed by atoms with Crippen molar-refractivity contribution in [3.05, 3.63) is 85.5 Å². The summed E-state index contributed by atoms with van der Waals surface area (Å²) in [6.07, 6.45) is 7.20. The molecule has 1 aliphatic rings. The Morgan fingerprint density at radius 2 is 1.15 bits per heavy atom. The lowest BCUT2D eigenvalue weighted by molar-refractivity contribution is 0.00578. The van der Waals surface area contributed by atoms with Crippen molar-refractivity contribution in [1.82, 2.24) is 15.0 Å². The summed E-state index contributed by atoms with van der Waals surface area (Å²) in [5.74, 6) is 0. The Balaban J connectivity index is 1.52. The molecule has 0 atom stereocenters. The molecular weight excluding hydrogens is 409 g/mol. The van der Waals surface area contributed by atoms with E-state index in [-0.39, 0.29) is 18.3 Å². The SMILES string of the molecule is CC1(C)OB(c2ccc(-c3cc(-c4cccnc4)nc(-c4cccnc4)c3)cc2)OC1(C)C. The van der Waals surface area contributed by atoms with Crippen molar-refractivity contribution in [3.8, 4) is 33.6 Å². The van der Waals surface area contributed by atoms with Crippen LogP contribution in [0.5, 0.6) is 0 Å². The van der Waals surface area contributed by atoms with Crippen LogP contribution in [0.2, 0.25) is 0 Å². The van der Waals surface area contributed by atoms with Crippen LogP contribution >= 0.6 is 0 Å². The van der Waals surface area contributed by atoms with Crippen LogP contribution in [0.25, 0.3) is 33.6 Å². The Labute approximate surface area is 195 Å². The second kappa shape index (κ2) is 8.21. The molecule has 0 bridgehead atoms. The van der Waals surface area contributed by atoms with Crippen LogP contribution in [-0.4, -0.2) is 33.3 Å². The largest absolute Gasteiger partial charge is 0.494 e. The summed E-state index contributed by atoms with van der Waals surface area (Å²) in [6, 6.07) is 20.4. The first-order chi connectivity index (χ1) is 15.8. The fourth-order valence-corrected chi connectivity index (χ4v) is 3.83. The first kappa shape index (κ1) is 21.5. The van der Waals surface area contributed by atoms with Gasteiger partial charge in [-0.25, -0.2) is 4.98 Å². The lowest BCUT2D eigenvalue weighted by Crippen LogP contribution is -2.41. The van der Waals surface area contributed by atoms with Crippen LogP contribution in [0.1, 0.15) is 27.7 Å². The van der Waals surface area contributed by atoms with Gasteiger partial charge in [-0.3, -0.25) is 9.97 Å². The highest BCUT2D eigenvalue weighted by Gasteiger charge is 2.51. The van der Waals surface area contributed by atoms with Crippen molar-refractivity contribution in [3.63, 3.8) is 0 Å². The molecule has 4 aromatic rings. The Morgan fingerprint density at radius 3 is 1.61 bits per heavy atom. The van der Waals surface area contributed by atoms with Crippen molar-refractivity contribution in [2.24, 2.45) is 0 Å². The first-order valence-electron chi connectivity index (χ1n) is 11.1. The van der Waals surface area contributed by atoms with E-state index in [0.29, 0.717) is 0 Å². The molecule has 33 heavy (non-hydrogen) atoms. The second-order valence-corrected chi connectivity index (χ2v) is 9.32. The third-order valence-electron chi connectivity index (χ3n) is 6.51. The highest BCUT2D eigenvalue weighted by molar-refractivity contribution is 6.62. The number of pyridine rings is 3. The van der Waals surface area contributed by atoms with Gasteiger partial charge in [-0.05, 0) is 80.7 Å². The van der Waals surface area contributed by atoms with Crippen molar-refractivity contribution in [2.45, 2.75) is 38.9 Å². The molecule has 0 unspecified atom stereocenters. The predicted octanol–water partition coefficient (Wildman–Crippen LogP) is 5.17. The summed E-state index contributed by atoms with van der Waals surface area (Å²) in [4.78, 5) is 13.4. The molecule has 0 radical (unpaired) electrons. The molecule has 1 fully saturated rings. The molecule has 164 valence electrons. The minimum atomic E-state index is -0.376. The third kappa shape index (κ3) is 4.20. The fourth-order valence-electron chi connectivity index (χ4n) is 3.83. The van der Waals surface area contributed by atoms with E-state index in [1.54, 1.807) is 12.4 Å². The van der Waals surface area contributed by atoms with Crippen LogP contribution in [0.15, 0.2) is 85.5 Å². The van der Waals surface area contributed by atoms with E-state index in [9.17, 15) is 0 Å². The molecule has 1 aliphatic heterocycles.